The molecule has 2 heteroatoms. The van der Waals surface area contributed by atoms with Gasteiger partial charge in [0.25, 0.3) is 0 Å². The Balaban J connectivity index is 2.03. The number of benzene rings is 1. The highest BCUT2D eigenvalue weighted by atomic mass is 32.1. The zero-order valence-corrected chi connectivity index (χ0v) is 11.6. The number of thiophene rings is 2. The fourth-order valence-electron chi connectivity index (χ4n) is 2.07. The summed E-state index contributed by atoms with van der Waals surface area (Å²) in [6, 6.07) is 8.68. The van der Waals surface area contributed by atoms with E-state index in [-0.39, 0.29) is 0 Å². The van der Waals surface area contributed by atoms with E-state index in [4.69, 9.17) is 0 Å². The van der Waals surface area contributed by atoms with E-state index in [1.807, 2.05) is 22.7 Å². The van der Waals surface area contributed by atoms with E-state index in [1.165, 1.54) is 31.7 Å². The quantitative estimate of drug-likeness (QED) is 0.595. The first-order valence-electron chi connectivity index (χ1n) is 5.74. The normalized spacial score (nSPS) is 11.2. The lowest BCUT2D eigenvalue weighted by Gasteiger charge is -2.00. The van der Waals surface area contributed by atoms with Gasteiger partial charge in [-0.25, -0.2) is 0 Å². The summed E-state index contributed by atoms with van der Waals surface area (Å²) in [6.07, 6.45) is 1.08. The van der Waals surface area contributed by atoms with Crippen molar-refractivity contribution in [2.24, 2.45) is 0 Å². The first kappa shape index (κ1) is 11.0. The molecule has 3 aromatic rings. The fraction of sp³-hybridized carbons (Fsp3) is 0.200. The molecule has 0 atom stereocenters. The molecule has 17 heavy (non-hydrogen) atoms. The molecule has 2 heterocycles. The molecule has 0 spiro atoms. The molecule has 0 unspecified atom stereocenters. The third-order valence-electron chi connectivity index (χ3n) is 3.30. The first-order valence-corrected chi connectivity index (χ1v) is 7.50. The predicted molar refractivity (Wildman–Crippen MR) is 78.4 cm³/mol. The Morgan fingerprint density at radius 2 is 1.82 bits per heavy atom. The summed E-state index contributed by atoms with van der Waals surface area (Å²) >= 11 is 3.74. The lowest BCUT2D eigenvalue weighted by molar-refractivity contribution is 1.22. The van der Waals surface area contributed by atoms with E-state index in [2.05, 4.69) is 48.9 Å². The Hall–Kier alpha value is -1.12. The molecule has 0 fully saturated rings. The van der Waals surface area contributed by atoms with Gasteiger partial charge in [-0.15, -0.1) is 22.7 Å². The highest BCUT2D eigenvalue weighted by molar-refractivity contribution is 7.17. The molecule has 3 rings (SSSR count). The van der Waals surface area contributed by atoms with Crippen molar-refractivity contribution in [2.45, 2.75) is 20.3 Å². The minimum atomic E-state index is 1.08. The van der Waals surface area contributed by atoms with Crippen LogP contribution in [0, 0.1) is 13.8 Å². The van der Waals surface area contributed by atoms with Crippen molar-refractivity contribution in [3.63, 3.8) is 0 Å². The topological polar surface area (TPSA) is 0 Å². The van der Waals surface area contributed by atoms with Gasteiger partial charge in [0.2, 0.25) is 0 Å². The molecule has 86 valence electrons. The van der Waals surface area contributed by atoms with Gasteiger partial charge in [0.1, 0.15) is 0 Å². The van der Waals surface area contributed by atoms with Crippen molar-refractivity contribution in [2.75, 3.05) is 0 Å². The van der Waals surface area contributed by atoms with E-state index in [1.54, 1.807) is 0 Å². The molecule has 0 N–H and O–H groups in total. The van der Waals surface area contributed by atoms with Gasteiger partial charge in [0.05, 0.1) is 0 Å². The largest absolute Gasteiger partial charge is 0.148 e. The van der Waals surface area contributed by atoms with Crippen LogP contribution in [0.4, 0.5) is 0 Å². The van der Waals surface area contributed by atoms with Crippen LogP contribution in [0.2, 0.25) is 0 Å². The molecule has 2 aromatic heterocycles. The van der Waals surface area contributed by atoms with Crippen LogP contribution in [0.25, 0.3) is 10.1 Å². The maximum atomic E-state index is 2.30. The zero-order chi connectivity index (χ0) is 11.8. The molecule has 0 saturated heterocycles. The van der Waals surface area contributed by atoms with Crippen LogP contribution in [0.15, 0.2) is 35.0 Å². The average Bonchev–Trinajstić information content (AvgIpc) is 2.89. The molecular weight excluding hydrogens is 244 g/mol. The number of rotatable bonds is 2. The molecule has 0 amide bonds. The van der Waals surface area contributed by atoms with E-state index in [9.17, 15) is 0 Å². The predicted octanol–water partition coefficient (Wildman–Crippen LogP) is 5.17. The number of hydrogen-bond donors (Lipinski definition) is 0. The zero-order valence-electron chi connectivity index (χ0n) is 9.99. The molecular formula is C15H14S2. The SMILES string of the molecule is Cc1csc(Cc2csc3ccccc23)c1C. The highest BCUT2D eigenvalue weighted by Gasteiger charge is 2.08. The summed E-state index contributed by atoms with van der Waals surface area (Å²) in [5.41, 5.74) is 4.35. The third-order valence-corrected chi connectivity index (χ3v) is 5.52. The maximum Gasteiger partial charge on any atom is 0.0345 e. The van der Waals surface area contributed by atoms with Crippen LogP contribution in [-0.4, -0.2) is 0 Å². The third kappa shape index (κ3) is 1.92. The van der Waals surface area contributed by atoms with Gasteiger partial charge in [-0.2, -0.15) is 0 Å². The van der Waals surface area contributed by atoms with Crippen molar-refractivity contribution in [1.29, 1.82) is 0 Å². The van der Waals surface area contributed by atoms with Crippen LogP contribution in [0.1, 0.15) is 21.6 Å². The van der Waals surface area contributed by atoms with Gasteiger partial charge in [0.15, 0.2) is 0 Å². The molecule has 0 aliphatic carbocycles. The first-order chi connectivity index (χ1) is 8.25. The van der Waals surface area contributed by atoms with E-state index in [0.29, 0.717) is 0 Å². The Morgan fingerprint density at radius 3 is 2.59 bits per heavy atom. The van der Waals surface area contributed by atoms with Crippen LogP contribution < -0.4 is 0 Å². The second kappa shape index (κ2) is 4.28. The summed E-state index contributed by atoms with van der Waals surface area (Å²) in [5.74, 6) is 0. The van der Waals surface area contributed by atoms with Crippen LogP contribution >= 0.6 is 22.7 Å². The average molecular weight is 258 g/mol. The lowest BCUT2D eigenvalue weighted by atomic mass is 10.1. The van der Waals surface area contributed by atoms with Crippen LogP contribution in [0.3, 0.4) is 0 Å². The summed E-state index contributed by atoms with van der Waals surface area (Å²) < 4.78 is 1.40. The summed E-state index contributed by atoms with van der Waals surface area (Å²) in [7, 11) is 0. The summed E-state index contributed by atoms with van der Waals surface area (Å²) in [4.78, 5) is 1.51. The van der Waals surface area contributed by atoms with E-state index < -0.39 is 0 Å². The minimum absolute atomic E-state index is 1.08. The molecule has 0 radical (unpaired) electrons. The summed E-state index contributed by atoms with van der Waals surface area (Å²) in [6.45, 7) is 4.43. The fourth-order valence-corrected chi connectivity index (χ4v) is 4.11. The Kier molecular flexibility index (Phi) is 2.77. The van der Waals surface area contributed by atoms with Crippen molar-refractivity contribution in [3.8, 4) is 0 Å². The van der Waals surface area contributed by atoms with Gasteiger partial charge < -0.3 is 0 Å². The minimum Gasteiger partial charge on any atom is -0.148 e. The monoisotopic (exact) mass is 258 g/mol. The molecule has 0 nitrogen and oxygen atoms in total. The smallest absolute Gasteiger partial charge is 0.0345 e. The summed E-state index contributed by atoms with van der Waals surface area (Å²) in [5, 5.41) is 5.99. The lowest BCUT2D eigenvalue weighted by Crippen LogP contribution is -1.86. The number of fused-ring (bicyclic) bond motifs is 1. The van der Waals surface area contributed by atoms with E-state index in [0.717, 1.165) is 6.42 Å². The standard InChI is InChI=1S/C15H14S2/c1-10-8-16-15(11(10)2)7-12-9-17-14-6-4-3-5-13(12)14/h3-6,8-9H,7H2,1-2H3. The van der Waals surface area contributed by atoms with E-state index >= 15 is 0 Å². The van der Waals surface area contributed by atoms with Gasteiger partial charge >= 0.3 is 0 Å². The Labute approximate surface area is 110 Å². The molecule has 0 aliphatic heterocycles. The number of hydrogen-bond acceptors (Lipinski definition) is 2. The van der Waals surface area contributed by atoms with Gasteiger partial charge in [-0.1, -0.05) is 18.2 Å². The van der Waals surface area contributed by atoms with Gasteiger partial charge in [-0.3, -0.25) is 0 Å². The maximum absolute atomic E-state index is 2.30. The van der Waals surface area contributed by atoms with Crippen molar-refractivity contribution < 1.29 is 0 Å². The highest BCUT2D eigenvalue weighted by Crippen LogP contribution is 2.30. The van der Waals surface area contributed by atoms with Crippen LogP contribution in [0.5, 0.6) is 0 Å². The second-order valence-electron chi connectivity index (χ2n) is 4.40. The number of aryl methyl sites for hydroxylation is 1. The molecule has 0 aliphatic rings. The second-order valence-corrected chi connectivity index (χ2v) is 6.28. The van der Waals surface area contributed by atoms with Crippen molar-refractivity contribution in [1.82, 2.24) is 0 Å². The Bertz CT molecular complexity index is 658. The van der Waals surface area contributed by atoms with Gasteiger partial charge in [-0.05, 0) is 52.8 Å². The molecule has 0 bridgehead atoms. The molecule has 1 aromatic carbocycles. The molecule has 0 saturated carbocycles. The van der Waals surface area contributed by atoms with Crippen LogP contribution in [-0.2, 0) is 6.42 Å². The van der Waals surface area contributed by atoms with Gasteiger partial charge in [0, 0.05) is 16.0 Å². The van der Waals surface area contributed by atoms with Crippen molar-refractivity contribution >= 4 is 32.8 Å². The van der Waals surface area contributed by atoms with Crippen molar-refractivity contribution in [3.05, 3.63) is 56.6 Å². The Morgan fingerprint density at radius 1 is 1.00 bits per heavy atom.